The number of cyclic esters (lactones) is 1. The van der Waals surface area contributed by atoms with E-state index in [2.05, 4.69) is 4.74 Å². The molecule has 2 rings (SSSR count). The molecule has 0 spiro atoms. The van der Waals surface area contributed by atoms with Gasteiger partial charge in [0.15, 0.2) is 6.10 Å². The Hall–Kier alpha value is -1.88. The summed E-state index contributed by atoms with van der Waals surface area (Å²) in [5.74, 6) is -1.48. The fourth-order valence-corrected chi connectivity index (χ4v) is 1.91. The summed E-state index contributed by atoms with van der Waals surface area (Å²) in [5.41, 5.74) is -1.38. The van der Waals surface area contributed by atoms with Gasteiger partial charge in [-0.05, 0) is 5.56 Å². The van der Waals surface area contributed by atoms with E-state index >= 15 is 0 Å². The number of esters is 2. The lowest BCUT2D eigenvalue weighted by Gasteiger charge is -2.24. The van der Waals surface area contributed by atoms with Crippen LogP contribution in [-0.4, -0.2) is 29.8 Å². The van der Waals surface area contributed by atoms with Gasteiger partial charge >= 0.3 is 11.9 Å². The van der Waals surface area contributed by atoms with Gasteiger partial charge in [0.1, 0.15) is 0 Å². The fraction of sp³-hybridized carbons (Fsp3) is 0.333. The van der Waals surface area contributed by atoms with Crippen molar-refractivity contribution in [3.63, 3.8) is 0 Å². The van der Waals surface area contributed by atoms with Gasteiger partial charge in [-0.15, -0.1) is 0 Å². The first kappa shape index (κ1) is 11.6. The predicted molar refractivity (Wildman–Crippen MR) is 56.9 cm³/mol. The van der Waals surface area contributed by atoms with Crippen LogP contribution < -0.4 is 0 Å². The van der Waals surface area contributed by atoms with Crippen LogP contribution in [-0.2, 0) is 19.1 Å². The van der Waals surface area contributed by atoms with E-state index in [1.165, 1.54) is 0 Å². The van der Waals surface area contributed by atoms with E-state index in [0.717, 1.165) is 7.11 Å². The summed E-state index contributed by atoms with van der Waals surface area (Å²) in [5, 5.41) is 10.2. The molecule has 0 aliphatic carbocycles. The molecule has 0 saturated carbocycles. The molecule has 17 heavy (non-hydrogen) atoms. The molecule has 1 aromatic carbocycles. The van der Waals surface area contributed by atoms with E-state index in [1.54, 1.807) is 30.3 Å². The molecule has 5 nitrogen and oxygen atoms in total. The second-order valence-corrected chi connectivity index (χ2v) is 3.87. The Morgan fingerprint density at radius 1 is 1.47 bits per heavy atom. The molecule has 0 unspecified atom stereocenters. The molecule has 0 aromatic heterocycles. The van der Waals surface area contributed by atoms with Gasteiger partial charge in [0, 0.05) is 0 Å². The van der Waals surface area contributed by atoms with Crippen molar-refractivity contribution in [2.24, 2.45) is 0 Å². The van der Waals surface area contributed by atoms with E-state index in [4.69, 9.17) is 4.74 Å². The van der Waals surface area contributed by atoms with Crippen LogP contribution >= 0.6 is 0 Å². The second-order valence-electron chi connectivity index (χ2n) is 3.87. The molecule has 0 radical (unpaired) electrons. The van der Waals surface area contributed by atoms with Gasteiger partial charge in [0.25, 0.3) is 0 Å². The Morgan fingerprint density at radius 3 is 2.71 bits per heavy atom. The van der Waals surface area contributed by atoms with E-state index in [1.807, 2.05) is 0 Å². The van der Waals surface area contributed by atoms with Crippen molar-refractivity contribution in [2.45, 2.75) is 18.1 Å². The number of carbonyl (C=O) groups excluding carboxylic acids is 2. The molecule has 1 fully saturated rings. The highest BCUT2D eigenvalue weighted by molar-refractivity contribution is 5.89. The van der Waals surface area contributed by atoms with Crippen molar-refractivity contribution in [1.29, 1.82) is 0 Å². The van der Waals surface area contributed by atoms with Crippen LogP contribution in [0.3, 0.4) is 0 Å². The molecule has 90 valence electrons. The molecule has 1 heterocycles. The number of methoxy groups -OCH3 is 1. The zero-order chi connectivity index (χ0) is 12.5. The standard InChI is InChI=1S/C12H12O5/c1-16-11(14)12(15)7-9(13)17-10(12)8-5-3-2-4-6-8/h2-6,10,15H,7H2,1H3/t10-,12+/m0/s1. The first-order valence-corrected chi connectivity index (χ1v) is 5.13. The summed E-state index contributed by atoms with van der Waals surface area (Å²) >= 11 is 0. The van der Waals surface area contributed by atoms with Crippen molar-refractivity contribution >= 4 is 11.9 Å². The SMILES string of the molecule is COC(=O)[C@@]1(O)CC(=O)O[C@H]1c1ccccc1. The summed E-state index contributed by atoms with van der Waals surface area (Å²) in [6, 6.07) is 8.62. The summed E-state index contributed by atoms with van der Waals surface area (Å²) < 4.78 is 9.51. The first-order chi connectivity index (χ1) is 8.08. The average molecular weight is 236 g/mol. The monoisotopic (exact) mass is 236 g/mol. The predicted octanol–water partition coefficient (Wildman–Crippen LogP) is 0.579. The first-order valence-electron chi connectivity index (χ1n) is 5.13. The van der Waals surface area contributed by atoms with Crippen molar-refractivity contribution in [1.82, 2.24) is 0 Å². The molecule has 1 aliphatic heterocycles. The molecule has 0 bridgehead atoms. The number of hydrogen-bond acceptors (Lipinski definition) is 5. The van der Waals surface area contributed by atoms with E-state index in [9.17, 15) is 14.7 Å². The number of ether oxygens (including phenoxy) is 2. The fourth-order valence-electron chi connectivity index (χ4n) is 1.91. The van der Waals surface area contributed by atoms with Crippen LogP contribution in [0, 0.1) is 0 Å². The molecule has 2 atom stereocenters. The third-order valence-corrected chi connectivity index (χ3v) is 2.74. The Kier molecular flexibility index (Phi) is 2.85. The Morgan fingerprint density at radius 2 is 2.12 bits per heavy atom. The molecule has 1 aromatic rings. The zero-order valence-corrected chi connectivity index (χ0v) is 9.25. The molecular formula is C12H12O5. The molecule has 1 aliphatic rings. The van der Waals surface area contributed by atoms with Crippen LogP contribution in [0.25, 0.3) is 0 Å². The Balaban J connectivity index is 2.38. The van der Waals surface area contributed by atoms with Gasteiger partial charge in [-0.2, -0.15) is 0 Å². The lowest BCUT2D eigenvalue weighted by Crippen LogP contribution is -2.42. The van der Waals surface area contributed by atoms with Gasteiger partial charge in [0.2, 0.25) is 5.60 Å². The van der Waals surface area contributed by atoms with Crippen molar-refractivity contribution in [2.75, 3.05) is 7.11 Å². The van der Waals surface area contributed by atoms with Gasteiger partial charge in [0.05, 0.1) is 13.5 Å². The highest BCUT2D eigenvalue weighted by atomic mass is 16.6. The van der Waals surface area contributed by atoms with Gasteiger partial charge in [-0.3, -0.25) is 4.79 Å². The van der Waals surface area contributed by atoms with Gasteiger partial charge in [-0.1, -0.05) is 30.3 Å². The topological polar surface area (TPSA) is 72.8 Å². The highest BCUT2D eigenvalue weighted by Crippen LogP contribution is 2.39. The maximum absolute atomic E-state index is 11.6. The lowest BCUT2D eigenvalue weighted by molar-refractivity contribution is -0.168. The molecular weight excluding hydrogens is 224 g/mol. The molecule has 1 saturated heterocycles. The number of carbonyl (C=O) groups is 2. The van der Waals surface area contributed by atoms with Crippen molar-refractivity contribution in [3.05, 3.63) is 35.9 Å². The summed E-state index contributed by atoms with van der Waals surface area (Å²) in [7, 11) is 1.16. The minimum Gasteiger partial charge on any atom is -0.467 e. The van der Waals surface area contributed by atoms with E-state index < -0.39 is 23.6 Å². The summed E-state index contributed by atoms with van der Waals surface area (Å²) in [4.78, 5) is 22.8. The normalized spacial score (nSPS) is 27.6. The second kappa shape index (κ2) is 4.18. The Bertz CT molecular complexity index is 441. The number of aliphatic hydroxyl groups is 1. The van der Waals surface area contributed by atoms with Crippen LogP contribution in [0.15, 0.2) is 30.3 Å². The number of benzene rings is 1. The maximum Gasteiger partial charge on any atom is 0.342 e. The minimum atomic E-state index is -1.94. The quantitative estimate of drug-likeness (QED) is 0.760. The van der Waals surface area contributed by atoms with Crippen LogP contribution in [0.4, 0.5) is 0 Å². The summed E-state index contributed by atoms with van der Waals surface area (Å²) in [6.07, 6.45) is -1.40. The smallest absolute Gasteiger partial charge is 0.342 e. The number of rotatable bonds is 2. The van der Waals surface area contributed by atoms with Crippen molar-refractivity contribution in [3.8, 4) is 0 Å². The maximum atomic E-state index is 11.6. The minimum absolute atomic E-state index is 0.390. The van der Waals surface area contributed by atoms with Crippen LogP contribution in [0.1, 0.15) is 18.1 Å². The van der Waals surface area contributed by atoms with Crippen LogP contribution in [0.2, 0.25) is 0 Å². The van der Waals surface area contributed by atoms with E-state index in [0.29, 0.717) is 5.56 Å². The lowest BCUT2D eigenvalue weighted by atomic mass is 9.90. The molecule has 1 N–H and O–H groups in total. The summed E-state index contributed by atoms with van der Waals surface area (Å²) in [6.45, 7) is 0. The third kappa shape index (κ3) is 1.89. The Labute approximate surface area is 98.0 Å². The largest absolute Gasteiger partial charge is 0.467 e. The van der Waals surface area contributed by atoms with E-state index in [-0.39, 0.29) is 6.42 Å². The zero-order valence-electron chi connectivity index (χ0n) is 9.25. The average Bonchev–Trinajstić information content (AvgIpc) is 2.66. The van der Waals surface area contributed by atoms with Gasteiger partial charge < -0.3 is 14.6 Å². The molecule has 5 heteroatoms. The highest BCUT2D eigenvalue weighted by Gasteiger charge is 2.55. The van der Waals surface area contributed by atoms with Gasteiger partial charge in [-0.25, -0.2) is 4.79 Å². The third-order valence-electron chi connectivity index (χ3n) is 2.74. The number of hydrogen-bond donors (Lipinski definition) is 1. The molecule has 0 amide bonds. The van der Waals surface area contributed by atoms with Crippen LogP contribution in [0.5, 0.6) is 0 Å². The van der Waals surface area contributed by atoms with Crippen molar-refractivity contribution < 1.29 is 24.2 Å².